The highest BCUT2D eigenvalue weighted by Crippen LogP contribution is 2.36. The van der Waals surface area contributed by atoms with Crippen LogP contribution in [0, 0.1) is 5.92 Å². The second-order valence-corrected chi connectivity index (χ2v) is 7.85. The number of nitrogens with zero attached hydrogens (tertiary/aromatic N) is 3. The predicted molar refractivity (Wildman–Crippen MR) is 112 cm³/mol. The largest absolute Gasteiger partial charge is 0.486 e. The Hall–Kier alpha value is -3.46. The number of hydrogen-bond acceptors (Lipinski definition) is 7. The summed E-state index contributed by atoms with van der Waals surface area (Å²) in [6.45, 7) is 1.30. The third-order valence-corrected chi connectivity index (χ3v) is 5.80. The lowest BCUT2D eigenvalue weighted by Crippen LogP contribution is -2.28. The van der Waals surface area contributed by atoms with Crippen molar-refractivity contribution in [2.45, 2.75) is 6.42 Å². The molecule has 2 aliphatic rings. The minimum absolute atomic E-state index is 0.0940. The van der Waals surface area contributed by atoms with Crippen molar-refractivity contribution in [1.29, 1.82) is 0 Å². The summed E-state index contributed by atoms with van der Waals surface area (Å²) in [5.74, 6) is 0.534. The highest BCUT2D eigenvalue weighted by Gasteiger charge is 2.36. The molecule has 3 aromatic rings. The van der Waals surface area contributed by atoms with Gasteiger partial charge >= 0.3 is 0 Å². The van der Waals surface area contributed by atoms with Crippen molar-refractivity contribution >= 4 is 34.0 Å². The Morgan fingerprint density at radius 1 is 1.13 bits per heavy atom. The van der Waals surface area contributed by atoms with Gasteiger partial charge in [0.2, 0.25) is 11.8 Å². The van der Waals surface area contributed by atoms with Gasteiger partial charge in [0, 0.05) is 48.1 Å². The minimum Gasteiger partial charge on any atom is -0.486 e. The molecule has 9 heteroatoms. The van der Waals surface area contributed by atoms with Gasteiger partial charge in [-0.15, -0.1) is 11.3 Å². The van der Waals surface area contributed by atoms with Crippen LogP contribution in [0.3, 0.4) is 0 Å². The normalized spacial score (nSPS) is 17.8. The van der Waals surface area contributed by atoms with E-state index in [0.717, 1.165) is 11.3 Å². The summed E-state index contributed by atoms with van der Waals surface area (Å²) < 4.78 is 11.1. The molecule has 1 fully saturated rings. The minimum atomic E-state index is -0.445. The molecule has 2 aromatic heterocycles. The van der Waals surface area contributed by atoms with Crippen molar-refractivity contribution in [2.24, 2.45) is 5.92 Å². The van der Waals surface area contributed by atoms with E-state index in [9.17, 15) is 9.59 Å². The van der Waals surface area contributed by atoms with Gasteiger partial charge in [0.15, 0.2) is 16.6 Å². The van der Waals surface area contributed by atoms with Gasteiger partial charge in [-0.2, -0.15) is 0 Å². The number of carbonyl (C=O) groups is 2. The van der Waals surface area contributed by atoms with Gasteiger partial charge < -0.3 is 19.7 Å². The Morgan fingerprint density at radius 3 is 2.77 bits per heavy atom. The number of fused-ring (bicyclic) bond motifs is 1. The lowest BCUT2D eigenvalue weighted by atomic mass is 10.1. The van der Waals surface area contributed by atoms with E-state index in [2.05, 4.69) is 15.3 Å². The molecular formula is C21H18N4O4S. The van der Waals surface area contributed by atoms with Crippen LogP contribution in [0.4, 0.5) is 10.8 Å². The molecule has 1 aromatic carbocycles. The van der Waals surface area contributed by atoms with Crippen LogP contribution < -0.4 is 19.7 Å². The van der Waals surface area contributed by atoms with Crippen LogP contribution in [0.5, 0.6) is 11.5 Å². The van der Waals surface area contributed by atoms with Crippen molar-refractivity contribution < 1.29 is 19.1 Å². The van der Waals surface area contributed by atoms with Crippen LogP contribution in [-0.2, 0) is 9.59 Å². The number of nitrogens with one attached hydrogen (secondary N) is 1. The Balaban J connectivity index is 1.26. The molecule has 5 rings (SSSR count). The fourth-order valence-electron chi connectivity index (χ4n) is 3.53. The number of rotatable bonds is 4. The van der Waals surface area contributed by atoms with Gasteiger partial charge in [0.25, 0.3) is 0 Å². The molecule has 1 N–H and O–H groups in total. The quantitative estimate of drug-likeness (QED) is 0.695. The van der Waals surface area contributed by atoms with E-state index in [4.69, 9.17) is 9.47 Å². The lowest BCUT2D eigenvalue weighted by Gasteiger charge is -2.22. The Labute approximate surface area is 176 Å². The maximum absolute atomic E-state index is 12.7. The zero-order valence-electron chi connectivity index (χ0n) is 15.9. The molecule has 0 bridgehead atoms. The van der Waals surface area contributed by atoms with E-state index in [1.165, 1.54) is 11.3 Å². The zero-order chi connectivity index (χ0) is 20.5. The van der Waals surface area contributed by atoms with Gasteiger partial charge in [-0.3, -0.25) is 14.6 Å². The van der Waals surface area contributed by atoms with Crippen molar-refractivity contribution in [2.75, 3.05) is 30.0 Å². The molecule has 0 radical (unpaired) electrons. The van der Waals surface area contributed by atoms with Crippen LogP contribution in [0.25, 0.3) is 11.3 Å². The summed E-state index contributed by atoms with van der Waals surface area (Å²) in [5, 5.41) is 5.24. The van der Waals surface area contributed by atoms with Gasteiger partial charge in [-0.25, -0.2) is 4.98 Å². The SMILES string of the molecule is O=C(Nc1nc(-c2ccncc2)cs1)C1CC(=O)N(c2ccc3c(c2)OCCO3)C1. The fourth-order valence-corrected chi connectivity index (χ4v) is 4.25. The fraction of sp³-hybridized carbons (Fsp3) is 0.238. The number of benzene rings is 1. The predicted octanol–water partition coefficient (Wildman–Crippen LogP) is 2.97. The van der Waals surface area contributed by atoms with Crippen LogP contribution in [-0.4, -0.2) is 41.5 Å². The molecule has 1 unspecified atom stereocenters. The van der Waals surface area contributed by atoms with Gasteiger partial charge in [0.1, 0.15) is 13.2 Å². The average Bonchev–Trinajstić information content (AvgIpc) is 3.41. The summed E-state index contributed by atoms with van der Waals surface area (Å²) >= 11 is 1.35. The number of aromatic nitrogens is 2. The molecule has 1 atom stereocenters. The third kappa shape index (κ3) is 3.59. The van der Waals surface area contributed by atoms with Crippen molar-refractivity contribution in [3.8, 4) is 22.8 Å². The molecule has 152 valence electrons. The highest BCUT2D eigenvalue weighted by atomic mass is 32.1. The first-order chi connectivity index (χ1) is 14.7. The molecule has 2 amide bonds. The molecular weight excluding hydrogens is 404 g/mol. The topological polar surface area (TPSA) is 93.7 Å². The summed E-state index contributed by atoms with van der Waals surface area (Å²) in [6.07, 6.45) is 3.55. The number of thiazole rings is 1. The van der Waals surface area contributed by atoms with E-state index >= 15 is 0 Å². The number of ether oxygens (including phenoxy) is 2. The van der Waals surface area contributed by atoms with Crippen molar-refractivity contribution in [1.82, 2.24) is 9.97 Å². The van der Waals surface area contributed by atoms with Crippen LogP contribution in [0.15, 0.2) is 48.1 Å². The summed E-state index contributed by atoms with van der Waals surface area (Å²) in [7, 11) is 0. The first-order valence-corrected chi connectivity index (χ1v) is 10.4. The number of hydrogen-bond donors (Lipinski definition) is 1. The van der Waals surface area contributed by atoms with Gasteiger partial charge in [-0.05, 0) is 24.3 Å². The highest BCUT2D eigenvalue weighted by molar-refractivity contribution is 7.14. The van der Waals surface area contributed by atoms with Crippen molar-refractivity contribution in [3.05, 3.63) is 48.1 Å². The maximum Gasteiger partial charge on any atom is 0.231 e. The van der Waals surface area contributed by atoms with E-state index in [-0.39, 0.29) is 18.2 Å². The molecule has 0 saturated carbocycles. The molecule has 30 heavy (non-hydrogen) atoms. The van der Waals surface area contributed by atoms with Gasteiger partial charge in [-0.1, -0.05) is 0 Å². The summed E-state index contributed by atoms with van der Waals surface area (Å²) in [4.78, 5) is 35.4. The number of amides is 2. The Kier molecular flexibility index (Phi) is 4.80. The third-order valence-electron chi connectivity index (χ3n) is 5.04. The van der Waals surface area contributed by atoms with Gasteiger partial charge in [0.05, 0.1) is 11.6 Å². The second-order valence-electron chi connectivity index (χ2n) is 7.00. The standard InChI is InChI=1S/C21H18N4O4S/c26-19-9-14(11-25(19)15-1-2-17-18(10-15)29-8-7-28-17)20(27)24-21-23-16(12-30-21)13-3-5-22-6-4-13/h1-6,10,12,14H,7-9,11H2,(H,23,24,27). The van der Waals surface area contributed by atoms with E-state index in [0.29, 0.717) is 42.1 Å². The monoisotopic (exact) mass is 422 g/mol. The summed E-state index contributed by atoms with van der Waals surface area (Å²) in [6, 6.07) is 9.12. The second kappa shape index (κ2) is 7.75. The van der Waals surface area contributed by atoms with Crippen LogP contribution in [0.2, 0.25) is 0 Å². The smallest absolute Gasteiger partial charge is 0.231 e. The first kappa shape index (κ1) is 18.6. The average molecular weight is 422 g/mol. The first-order valence-electron chi connectivity index (χ1n) is 9.54. The van der Waals surface area contributed by atoms with E-state index in [1.54, 1.807) is 29.4 Å². The summed E-state index contributed by atoms with van der Waals surface area (Å²) in [5.41, 5.74) is 2.41. The number of carbonyl (C=O) groups excluding carboxylic acids is 2. The lowest BCUT2D eigenvalue weighted by molar-refractivity contribution is -0.122. The van der Waals surface area contributed by atoms with Crippen molar-refractivity contribution in [3.63, 3.8) is 0 Å². The molecule has 0 spiro atoms. The number of pyridine rings is 1. The molecule has 0 aliphatic carbocycles. The molecule has 1 saturated heterocycles. The molecule has 8 nitrogen and oxygen atoms in total. The Morgan fingerprint density at radius 2 is 1.93 bits per heavy atom. The number of anilines is 2. The zero-order valence-corrected chi connectivity index (χ0v) is 16.7. The Bertz CT molecular complexity index is 1100. The molecule has 4 heterocycles. The van der Waals surface area contributed by atoms with E-state index in [1.807, 2.05) is 23.6 Å². The van der Waals surface area contributed by atoms with Crippen LogP contribution in [0.1, 0.15) is 6.42 Å². The van der Waals surface area contributed by atoms with E-state index < -0.39 is 5.92 Å². The van der Waals surface area contributed by atoms with Crippen LogP contribution >= 0.6 is 11.3 Å². The maximum atomic E-state index is 12.7. The molecule has 2 aliphatic heterocycles.